The second-order valence-corrected chi connectivity index (χ2v) is 3.70. The Morgan fingerprint density at radius 3 is 2.61 bits per heavy atom. The third-order valence-electron chi connectivity index (χ3n) is 2.28. The second-order valence-electron chi connectivity index (χ2n) is 3.70. The Bertz CT molecular complexity index is 528. The zero-order valence-corrected chi connectivity index (χ0v) is 9.60. The molecule has 0 atom stereocenters. The van der Waals surface area contributed by atoms with Crippen LogP contribution in [-0.4, -0.2) is 6.09 Å². The van der Waals surface area contributed by atoms with Crippen molar-refractivity contribution >= 4 is 11.8 Å². The lowest BCUT2D eigenvalue weighted by Crippen LogP contribution is -2.13. The van der Waals surface area contributed by atoms with Crippen LogP contribution in [0.3, 0.4) is 0 Å². The first kappa shape index (κ1) is 12.1. The van der Waals surface area contributed by atoms with Crippen LogP contribution < -0.4 is 5.32 Å². The quantitative estimate of drug-likeness (QED) is 0.897. The molecule has 2 aromatic rings. The lowest BCUT2D eigenvalue weighted by atomic mass is 10.2. The van der Waals surface area contributed by atoms with Crippen LogP contribution >= 0.6 is 0 Å². The van der Waals surface area contributed by atoms with Gasteiger partial charge in [-0.2, -0.15) is 0 Å². The number of ether oxygens (including phenoxy) is 1. The maximum atomic E-state index is 12.9. The predicted molar refractivity (Wildman–Crippen MR) is 66.6 cm³/mol. The van der Waals surface area contributed by atoms with Crippen molar-refractivity contribution < 1.29 is 13.9 Å². The molecule has 0 bridgehead atoms. The van der Waals surface area contributed by atoms with E-state index in [-0.39, 0.29) is 6.61 Å². The highest BCUT2D eigenvalue weighted by molar-refractivity contribution is 5.84. The fourth-order valence-corrected chi connectivity index (χ4v) is 1.44. The van der Waals surface area contributed by atoms with E-state index in [2.05, 4.69) is 5.32 Å². The number of benzene rings is 2. The molecule has 3 nitrogen and oxygen atoms in total. The summed E-state index contributed by atoms with van der Waals surface area (Å²) in [6, 6.07) is 15.0. The molecule has 0 aliphatic rings. The van der Waals surface area contributed by atoms with Gasteiger partial charge in [0.25, 0.3) is 0 Å². The monoisotopic (exact) mass is 245 g/mol. The van der Waals surface area contributed by atoms with E-state index in [1.165, 1.54) is 18.2 Å². The van der Waals surface area contributed by atoms with E-state index in [1.807, 2.05) is 30.3 Å². The fourth-order valence-electron chi connectivity index (χ4n) is 1.44. The molecule has 2 aromatic carbocycles. The fraction of sp³-hybridized carbons (Fsp3) is 0.0714. The molecule has 18 heavy (non-hydrogen) atoms. The molecule has 0 spiro atoms. The number of carbonyl (C=O) groups is 1. The van der Waals surface area contributed by atoms with Gasteiger partial charge in [-0.15, -0.1) is 0 Å². The molecule has 0 aromatic heterocycles. The molecule has 0 fully saturated rings. The van der Waals surface area contributed by atoms with Crippen molar-refractivity contribution in [3.05, 3.63) is 66.0 Å². The highest BCUT2D eigenvalue weighted by Crippen LogP contribution is 2.10. The third kappa shape index (κ3) is 3.59. The van der Waals surface area contributed by atoms with E-state index in [1.54, 1.807) is 6.07 Å². The average Bonchev–Trinajstić information content (AvgIpc) is 2.38. The Balaban J connectivity index is 1.86. The van der Waals surface area contributed by atoms with Gasteiger partial charge < -0.3 is 4.74 Å². The molecule has 0 aliphatic heterocycles. The summed E-state index contributed by atoms with van der Waals surface area (Å²) in [5, 5.41) is 2.45. The summed E-state index contributed by atoms with van der Waals surface area (Å²) in [5.74, 6) is -0.407. The summed E-state index contributed by atoms with van der Waals surface area (Å²) in [5.41, 5.74) is 1.26. The zero-order chi connectivity index (χ0) is 12.8. The molecule has 4 heteroatoms. The van der Waals surface area contributed by atoms with E-state index in [0.29, 0.717) is 5.69 Å². The number of amides is 1. The first-order chi connectivity index (χ1) is 8.74. The Morgan fingerprint density at radius 2 is 1.89 bits per heavy atom. The van der Waals surface area contributed by atoms with E-state index >= 15 is 0 Å². The van der Waals surface area contributed by atoms with Crippen molar-refractivity contribution in [2.24, 2.45) is 0 Å². The summed E-state index contributed by atoms with van der Waals surface area (Å²) in [7, 11) is 0. The first-order valence-corrected chi connectivity index (χ1v) is 5.47. The van der Waals surface area contributed by atoms with Crippen LogP contribution in [-0.2, 0) is 11.3 Å². The van der Waals surface area contributed by atoms with Crippen molar-refractivity contribution in [1.82, 2.24) is 0 Å². The van der Waals surface area contributed by atoms with Crippen LogP contribution in [0.25, 0.3) is 0 Å². The van der Waals surface area contributed by atoms with Gasteiger partial charge in [0.15, 0.2) is 0 Å². The molecule has 0 saturated carbocycles. The van der Waals surface area contributed by atoms with Gasteiger partial charge in [-0.25, -0.2) is 9.18 Å². The number of halogens is 1. The van der Waals surface area contributed by atoms with Gasteiger partial charge in [-0.1, -0.05) is 36.4 Å². The second kappa shape index (κ2) is 5.82. The average molecular weight is 245 g/mol. The van der Waals surface area contributed by atoms with E-state index in [0.717, 1.165) is 5.56 Å². The van der Waals surface area contributed by atoms with Gasteiger partial charge in [0.2, 0.25) is 0 Å². The molecule has 2 rings (SSSR count). The van der Waals surface area contributed by atoms with Crippen LogP contribution in [0.4, 0.5) is 14.9 Å². The highest BCUT2D eigenvalue weighted by atomic mass is 19.1. The molecule has 0 unspecified atom stereocenters. The predicted octanol–water partition coefficient (Wildman–Crippen LogP) is 3.57. The van der Waals surface area contributed by atoms with Crippen molar-refractivity contribution in [3.8, 4) is 0 Å². The number of nitrogens with one attached hydrogen (secondary N) is 1. The molecular formula is C14H12FNO2. The molecular weight excluding hydrogens is 233 g/mol. The number of hydrogen-bond acceptors (Lipinski definition) is 2. The van der Waals surface area contributed by atoms with Crippen LogP contribution in [0, 0.1) is 5.82 Å². The molecule has 0 saturated heterocycles. The van der Waals surface area contributed by atoms with Gasteiger partial charge >= 0.3 is 6.09 Å². The Kier molecular flexibility index (Phi) is 3.91. The first-order valence-electron chi connectivity index (χ1n) is 5.47. The SMILES string of the molecule is O=C(Nc1cccc(F)c1)OCc1ccccc1. The van der Waals surface area contributed by atoms with Crippen LogP contribution in [0.1, 0.15) is 5.56 Å². The largest absolute Gasteiger partial charge is 0.444 e. The zero-order valence-electron chi connectivity index (χ0n) is 9.60. The summed E-state index contributed by atoms with van der Waals surface area (Å²) >= 11 is 0. The van der Waals surface area contributed by atoms with Gasteiger partial charge in [0.1, 0.15) is 12.4 Å². The molecule has 1 N–H and O–H groups in total. The van der Waals surface area contributed by atoms with Gasteiger partial charge in [0.05, 0.1) is 0 Å². The molecule has 92 valence electrons. The van der Waals surface area contributed by atoms with Crippen molar-refractivity contribution in [1.29, 1.82) is 0 Å². The van der Waals surface area contributed by atoms with Gasteiger partial charge in [0, 0.05) is 5.69 Å². The van der Waals surface area contributed by atoms with E-state index in [4.69, 9.17) is 4.74 Å². The lowest BCUT2D eigenvalue weighted by Gasteiger charge is -2.06. The van der Waals surface area contributed by atoms with Gasteiger partial charge in [-0.05, 0) is 23.8 Å². The van der Waals surface area contributed by atoms with Crippen LogP contribution in [0.15, 0.2) is 54.6 Å². The molecule has 0 radical (unpaired) electrons. The number of anilines is 1. The van der Waals surface area contributed by atoms with Crippen molar-refractivity contribution in [2.75, 3.05) is 5.32 Å². The minimum Gasteiger partial charge on any atom is -0.444 e. The maximum Gasteiger partial charge on any atom is 0.411 e. The molecule has 1 amide bonds. The lowest BCUT2D eigenvalue weighted by molar-refractivity contribution is 0.155. The topological polar surface area (TPSA) is 38.3 Å². The summed E-state index contributed by atoms with van der Waals surface area (Å²) in [6.45, 7) is 0.183. The number of carbonyl (C=O) groups excluding carboxylic acids is 1. The maximum absolute atomic E-state index is 12.9. The Hall–Kier alpha value is -2.36. The van der Waals surface area contributed by atoms with E-state index in [9.17, 15) is 9.18 Å². The normalized spacial score (nSPS) is 9.83. The van der Waals surface area contributed by atoms with Crippen LogP contribution in [0.2, 0.25) is 0 Å². The minimum atomic E-state index is -0.607. The summed E-state index contributed by atoms with van der Waals surface area (Å²) in [6.07, 6.45) is -0.607. The summed E-state index contributed by atoms with van der Waals surface area (Å²) < 4.78 is 17.9. The van der Waals surface area contributed by atoms with Crippen molar-refractivity contribution in [3.63, 3.8) is 0 Å². The smallest absolute Gasteiger partial charge is 0.411 e. The number of rotatable bonds is 3. The van der Waals surface area contributed by atoms with Crippen LogP contribution in [0.5, 0.6) is 0 Å². The Labute approximate surface area is 104 Å². The summed E-state index contributed by atoms with van der Waals surface area (Å²) in [4.78, 5) is 11.4. The molecule has 0 heterocycles. The number of hydrogen-bond donors (Lipinski definition) is 1. The van der Waals surface area contributed by atoms with Crippen molar-refractivity contribution in [2.45, 2.75) is 6.61 Å². The minimum absolute atomic E-state index is 0.183. The standard InChI is InChI=1S/C14H12FNO2/c15-12-7-4-8-13(9-12)16-14(17)18-10-11-5-2-1-3-6-11/h1-9H,10H2,(H,16,17). The van der Waals surface area contributed by atoms with E-state index < -0.39 is 11.9 Å². The Morgan fingerprint density at radius 1 is 1.11 bits per heavy atom. The third-order valence-corrected chi connectivity index (χ3v) is 2.28. The molecule has 0 aliphatic carbocycles. The highest BCUT2D eigenvalue weighted by Gasteiger charge is 2.04. The van der Waals surface area contributed by atoms with Gasteiger partial charge in [-0.3, -0.25) is 5.32 Å².